The van der Waals surface area contributed by atoms with Gasteiger partial charge in [0.2, 0.25) is 5.13 Å². The van der Waals surface area contributed by atoms with Crippen molar-refractivity contribution in [1.29, 1.82) is 0 Å². The van der Waals surface area contributed by atoms with Gasteiger partial charge in [0, 0.05) is 37.6 Å². The predicted octanol–water partition coefficient (Wildman–Crippen LogP) is 1.66. The van der Waals surface area contributed by atoms with Gasteiger partial charge in [-0.3, -0.25) is 0 Å². The van der Waals surface area contributed by atoms with E-state index in [1.165, 1.54) is 24.4 Å². The van der Waals surface area contributed by atoms with Crippen molar-refractivity contribution in [2.75, 3.05) is 18.5 Å². The topological polar surface area (TPSA) is 55.0 Å². The summed E-state index contributed by atoms with van der Waals surface area (Å²) in [5.74, 6) is 1.74. The van der Waals surface area contributed by atoms with Crippen LogP contribution in [-0.2, 0) is 6.42 Å². The maximum Gasteiger partial charge on any atom is 0.205 e. The van der Waals surface area contributed by atoms with Gasteiger partial charge in [-0.05, 0) is 25.2 Å². The lowest BCUT2D eigenvalue weighted by Crippen LogP contribution is -2.39. The Kier molecular flexibility index (Phi) is 3.76. The minimum Gasteiger partial charge on any atom is -0.345 e. The zero-order valence-corrected chi connectivity index (χ0v) is 10.8. The van der Waals surface area contributed by atoms with E-state index in [0.29, 0.717) is 12.6 Å². The monoisotopic (exact) mass is 240 g/mol. The van der Waals surface area contributed by atoms with Crippen molar-refractivity contribution in [2.24, 2.45) is 11.7 Å². The molecule has 1 atom stereocenters. The Balaban J connectivity index is 2.03. The van der Waals surface area contributed by atoms with Crippen LogP contribution in [0.2, 0.25) is 0 Å². The Labute approximate surface area is 101 Å². The SMILES string of the molecule is CCCc1nsc(N(C)C(CN)C2CC2)n1. The maximum atomic E-state index is 5.83. The van der Waals surface area contributed by atoms with Crippen molar-refractivity contribution in [1.82, 2.24) is 9.36 Å². The van der Waals surface area contributed by atoms with Gasteiger partial charge < -0.3 is 10.6 Å². The molecular formula is C11H20N4S. The first-order valence-electron chi connectivity index (χ1n) is 6.01. The molecule has 1 aromatic rings. The Morgan fingerprint density at radius 2 is 2.31 bits per heavy atom. The van der Waals surface area contributed by atoms with Crippen LogP contribution < -0.4 is 10.6 Å². The number of nitrogens with two attached hydrogens (primary N) is 1. The first-order chi connectivity index (χ1) is 7.76. The van der Waals surface area contributed by atoms with Gasteiger partial charge in [-0.1, -0.05) is 6.92 Å². The largest absolute Gasteiger partial charge is 0.345 e. The molecule has 1 aliphatic carbocycles. The second kappa shape index (κ2) is 5.10. The molecule has 4 nitrogen and oxygen atoms in total. The summed E-state index contributed by atoms with van der Waals surface area (Å²) in [6.45, 7) is 2.86. The van der Waals surface area contributed by atoms with E-state index >= 15 is 0 Å². The highest BCUT2D eigenvalue weighted by atomic mass is 32.1. The third-order valence-electron chi connectivity index (χ3n) is 3.14. The van der Waals surface area contributed by atoms with E-state index in [1.807, 2.05) is 0 Å². The molecule has 0 radical (unpaired) electrons. The number of hydrogen-bond donors (Lipinski definition) is 1. The van der Waals surface area contributed by atoms with E-state index in [9.17, 15) is 0 Å². The molecule has 0 amide bonds. The molecule has 5 heteroatoms. The quantitative estimate of drug-likeness (QED) is 0.821. The molecule has 0 bridgehead atoms. The highest BCUT2D eigenvalue weighted by molar-refractivity contribution is 7.09. The Morgan fingerprint density at radius 1 is 1.56 bits per heavy atom. The Morgan fingerprint density at radius 3 is 2.88 bits per heavy atom. The van der Waals surface area contributed by atoms with Gasteiger partial charge in [0.25, 0.3) is 0 Å². The van der Waals surface area contributed by atoms with Crippen LogP contribution in [0.4, 0.5) is 5.13 Å². The molecule has 16 heavy (non-hydrogen) atoms. The number of aromatic nitrogens is 2. The standard InChI is InChI=1S/C11H20N4S/c1-3-4-10-13-11(16-14-10)15(2)9(7-12)8-5-6-8/h8-9H,3-7,12H2,1-2H3. The highest BCUT2D eigenvalue weighted by Crippen LogP contribution is 2.36. The first kappa shape index (κ1) is 11.8. The summed E-state index contributed by atoms with van der Waals surface area (Å²) in [7, 11) is 2.09. The van der Waals surface area contributed by atoms with Crippen LogP contribution in [0.15, 0.2) is 0 Å². The molecule has 0 aliphatic heterocycles. The summed E-state index contributed by atoms with van der Waals surface area (Å²) in [6.07, 6.45) is 4.70. The molecule has 1 unspecified atom stereocenters. The van der Waals surface area contributed by atoms with Crippen LogP contribution in [-0.4, -0.2) is 29.0 Å². The maximum absolute atomic E-state index is 5.83. The number of anilines is 1. The fourth-order valence-corrected chi connectivity index (χ4v) is 2.73. The van der Waals surface area contributed by atoms with Crippen LogP contribution >= 0.6 is 11.5 Å². The van der Waals surface area contributed by atoms with Gasteiger partial charge in [0.15, 0.2) is 0 Å². The lowest BCUT2D eigenvalue weighted by atomic mass is 10.2. The van der Waals surface area contributed by atoms with Crippen LogP contribution in [0.25, 0.3) is 0 Å². The number of likely N-dealkylation sites (N-methyl/N-ethyl adjacent to an activating group) is 1. The van der Waals surface area contributed by atoms with Gasteiger partial charge in [-0.25, -0.2) is 4.98 Å². The van der Waals surface area contributed by atoms with Crippen LogP contribution in [0.1, 0.15) is 32.0 Å². The molecule has 1 heterocycles. The van der Waals surface area contributed by atoms with Crippen LogP contribution in [0.3, 0.4) is 0 Å². The van der Waals surface area contributed by atoms with Gasteiger partial charge in [0.1, 0.15) is 5.82 Å². The van der Waals surface area contributed by atoms with Crippen LogP contribution in [0.5, 0.6) is 0 Å². The predicted molar refractivity (Wildman–Crippen MR) is 67.9 cm³/mol. The van der Waals surface area contributed by atoms with Gasteiger partial charge in [-0.2, -0.15) is 4.37 Å². The highest BCUT2D eigenvalue weighted by Gasteiger charge is 2.34. The number of hydrogen-bond acceptors (Lipinski definition) is 5. The molecule has 1 saturated carbocycles. The Hall–Kier alpha value is -0.680. The summed E-state index contributed by atoms with van der Waals surface area (Å²) < 4.78 is 4.37. The van der Waals surface area contributed by atoms with E-state index < -0.39 is 0 Å². The number of rotatable bonds is 6. The molecule has 0 saturated heterocycles. The fraction of sp³-hybridized carbons (Fsp3) is 0.818. The second-order valence-electron chi connectivity index (χ2n) is 4.49. The normalized spacial score (nSPS) is 17.4. The Bertz CT molecular complexity index is 334. The van der Waals surface area contributed by atoms with E-state index in [-0.39, 0.29) is 0 Å². The summed E-state index contributed by atoms with van der Waals surface area (Å²) in [6, 6.07) is 0.447. The minimum absolute atomic E-state index is 0.447. The second-order valence-corrected chi connectivity index (χ2v) is 5.22. The summed E-state index contributed by atoms with van der Waals surface area (Å²) in [5, 5.41) is 1.02. The summed E-state index contributed by atoms with van der Waals surface area (Å²) >= 11 is 1.50. The third kappa shape index (κ3) is 2.52. The molecule has 2 rings (SSSR count). The van der Waals surface area contributed by atoms with Gasteiger partial charge in [-0.15, -0.1) is 0 Å². The van der Waals surface area contributed by atoms with E-state index in [1.54, 1.807) is 0 Å². The molecule has 90 valence electrons. The number of nitrogens with zero attached hydrogens (tertiary/aromatic N) is 3. The van der Waals surface area contributed by atoms with Crippen molar-refractivity contribution >= 4 is 16.7 Å². The van der Waals surface area contributed by atoms with E-state index in [4.69, 9.17) is 5.73 Å². The smallest absolute Gasteiger partial charge is 0.205 e. The molecule has 1 fully saturated rings. The van der Waals surface area contributed by atoms with E-state index in [2.05, 4.69) is 28.2 Å². The summed E-state index contributed by atoms with van der Waals surface area (Å²) in [5.41, 5.74) is 5.83. The zero-order valence-electron chi connectivity index (χ0n) is 10.0. The summed E-state index contributed by atoms with van der Waals surface area (Å²) in [4.78, 5) is 6.77. The average Bonchev–Trinajstić information content (AvgIpc) is 2.99. The third-order valence-corrected chi connectivity index (χ3v) is 3.98. The molecule has 0 spiro atoms. The number of aryl methyl sites for hydroxylation is 1. The van der Waals surface area contributed by atoms with Crippen molar-refractivity contribution < 1.29 is 0 Å². The molecule has 1 aromatic heterocycles. The molecule has 1 aliphatic rings. The van der Waals surface area contributed by atoms with Crippen molar-refractivity contribution in [3.63, 3.8) is 0 Å². The van der Waals surface area contributed by atoms with Crippen molar-refractivity contribution in [3.05, 3.63) is 5.82 Å². The van der Waals surface area contributed by atoms with Crippen molar-refractivity contribution in [3.8, 4) is 0 Å². The minimum atomic E-state index is 0.447. The first-order valence-corrected chi connectivity index (χ1v) is 6.79. The van der Waals surface area contributed by atoms with Crippen molar-refractivity contribution in [2.45, 2.75) is 38.6 Å². The molecule has 2 N–H and O–H groups in total. The van der Waals surface area contributed by atoms with Crippen LogP contribution in [0, 0.1) is 5.92 Å². The van der Waals surface area contributed by atoms with Gasteiger partial charge in [0.05, 0.1) is 0 Å². The fourth-order valence-electron chi connectivity index (χ4n) is 2.00. The van der Waals surface area contributed by atoms with E-state index in [0.717, 1.165) is 29.7 Å². The molecule has 0 aromatic carbocycles. The average molecular weight is 240 g/mol. The van der Waals surface area contributed by atoms with Gasteiger partial charge >= 0.3 is 0 Å². The lowest BCUT2D eigenvalue weighted by Gasteiger charge is -2.25. The molecular weight excluding hydrogens is 220 g/mol. The lowest BCUT2D eigenvalue weighted by molar-refractivity contribution is 0.569. The zero-order chi connectivity index (χ0) is 11.5.